The first-order chi connectivity index (χ1) is 6.34. The molecule has 1 aliphatic carbocycles. The predicted molar refractivity (Wildman–Crippen MR) is 57.2 cm³/mol. The largest absolute Gasteiger partial charge is 0.291 e. The maximum atomic E-state index is 4.62. The van der Waals surface area contributed by atoms with Crippen LogP contribution in [-0.2, 0) is 0 Å². The molecule has 0 aromatic heterocycles. The van der Waals surface area contributed by atoms with E-state index < -0.39 is 0 Å². The summed E-state index contributed by atoms with van der Waals surface area (Å²) in [6, 6.07) is 0.572. The van der Waals surface area contributed by atoms with Gasteiger partial charge in [0.15, 0.2) is 0 Å². The van der Waals surface area contributed by atoms with Crippen LogP contribution in [0.25, 0.3) is 0 Å². The Hall–Kier alpha value is -0.850. The molecule has 0 spiro atoms. The van der Waals surface area contributed by atoms with E-state index in [0.29, 0.717) is 6.04 Å². The summed E-state index contributed by atoms with van der Waals surface area (Å²) < 4.78 is 0. The van der Waals surface area contributed by atoms with Gasteiger partial charge in [-0.05, 0) is 38.2 Å². The molecule has 1 unspecified atom stereocenters. The van der Waals surface area contributed by atoms with Crippen molar-refractivity contribution in [3.05, 3.63) is 23.8 Å². The van der Waals surface area contributed by atoms with Gasteiger partial charge in [0, 0.05) is 18.2 Å². The van der Waals surface area contributed by atoms with Gasteiger partial charge in [0.2, 0.25) is 0 Å². The number of hydrogen-bond donors (Lipinski definition) is 0. The average Bonchev–Trinajstić information content (AvgIpc) is 2.53. The highest BCUT2D eigenvalue weighted by molar-refractivity contribution is 5.88. The van der Waals surface area contributed by atoms with Gasteiger partial charge in [-0.2, -0.15) is 0 Å². The average molecular weight is 175 g/mol. The first-order valence-electron chi connectivity index (χ1n) is 5.26. The fraction of sp³-hybridized carbons (Fsp3) is 0.583. The van der Waals surface area contributed by atoms with Gasteiger partial charge in [-0.3, -0.25) is 4.99 Å². The maximum absolute atomic E-state index is 4.62. The van der Waals surface area contributed by atoms with E-state index in [4.69, 9.17) is 0 Å². The highest BCUT2D eigenvalue weighted by atomic mass is 14.8. The van der Waals surface area contributed by atoms with Crippen LogP contribution in [0.2, 0.25) is 0 Å². The van der Waals surface area contributed by atoms with Crippen molar-refractivity contribution < 1.29 is 0 Å². The van der Waals surface area contributed by atoms with Crippen molar-refractivity contribution in [2.75, 3.05) is 0 Å². The normalized spacial score (nSPS) is 27.3. The number of allylic oxidation sites excluding steroid dienone is 4. The zero-order valence-corrected chi connectivity index (χ0v) is 8.29. The Morgan fingerprint density at radius 3 is 3.00 bits per heavy atom. The predicted octanol–water partition coefficient (Wildman–Crippen LogP) is 3.28. The summed E-state index contributed by atoms with van der Waals surface area (Å²) in [5.74, 6) is 0. The summed E-state index contributed by atoms with van der Waals surface area (Å²) in [5.41, 5.74) is 2.88. The molecule has 0 N–H and O–H groups in total. The molecular formula is C12H17N. The van der Waals surface area contributed by atoms with Crippen LogP contribution in [-0.4, -0.2) is 11.8 Å². The smallest absolute Gasteiger partial charge is 0.0474 e. The lowest BCUT2D eigenvalue weighted by Crippen LogP contribution is -1.96. The molecule has 0 radical (unpaired) electrons. The van der Waals surface area contributed by atoms with Gasteiger partial charge in [0.1, 0.15) is 0 Å². The van der Waals surface area contributed by atoms with Crippen LogP contribution >= 0.6 is 0 Å². The Kier molecular flexibility index (Phi) is 2.62. The van der Waals surface area contributed by atoms with Gasteiger partial charge in [0.05, 0.1) is 0 Å². The van der Waals surface area contributed by atoms with E-state index in [9.17, 15) is 0 Å². The molecular weight excluding hydrogens is 158 g/mol. The third kappa shape index (κ3) is 2.30. The van der Waals surface area contributed by atoms with Crippen molar-refractivity contribution in [2.24, 2.45) is 4.99 Å². The van der Waals surface area contributed by atoms with Crippen LogP contribution in [0.4, 0.5) is 0 Å². The van der Waals surface area contributed by atoms with E-state index in [2.05, 4.69) is 30.1 Å². The van der Waals surface area contributed by atoms with E-state index in [1.54, 1.807) is 0 Å². The van der Waals surface area contributed by atoms with Crippen LogP contribution in [0, 0.1) is 0 Å². The van der Waals surface area contributed by atoms with Crippen molar-refractivity contribution in [3.8, 4) is 0 Å². The summed E-state index contributed by atoms with van der Waals surface area (Å²) in [6.45, 7) is 2.21. The lowest BCUT2D eigenvalue weighted by atomic mass is 10.0. The fourth-order valence-electron chi connectivity index (χ4n) is 1.98. The molecule has 0 amide bonds. The van der Waals surface area contributed by atoms with Gasteiger partial charge < -0.3 is 0 Å². The first kappa shape index (κ1) is 8.74. The molecule has 1 atom stereocenters. The molecule has 0 fully saturated rings. The molecule has 1 heteroatoms. The quantitative estimate of drug-likeness (QED) is 0.610. The summed E-state index contributed by atoms with van der Waals surface area (Å²) in [6.07, 6.45) is 12.9. The minimum Gasteiger partial charge on any atom is -0.291 e. The van der Waals surface area contributed by atoms with Crippen LogP contribution in [0.5, 0.6) is 0 Å². The second kappa shape index (κ2) is 3.91. The minimum absolute atomic E-state index is 0.572. The van der Waals surface area contributed by atoms with E-state index in [1.165, 1.54) is 37.0 Å². The monoisotopic (exact) mass is 175 g/mol. The van der Waals surface area contributed by atoms with Crippen LogP contribution in [0.3, 0.4) is 0 Å². The molecule has 0 aromatic carbocycles. The molecule has 1 heterocycles. The third-order valence-electron chi connectivity index (χ3n) is 2.73. The van der Waals surface area contributed by atoms with E-state index in [0.717, 1.165) is 6.42 Å². The van der Waals surface area contributed by atoms with Gasteiger partial charge in [-0.25, -0.2) is 0 Å². The van der Waals surface area contributed by atoms with Crippen LogP contribution < -0.4 is 0 Å². The zero-order valence-electron chi connectivity index (χ0n) is 8.29. The van der Waals surface area contributed by atoms with E-state index in [1.807, 2.05) is 0 Å². The molecule has 1 aliphatic heterocycles. The topological polar surface area (TPSA) is 12.4 Å². The second-order valence-electron chi connectivity index (χ2n) is 4.02. The van der Waals surface area contributed by atoms with Gasteiger partial charge in [-0.1, -0.05) is 18.2 Å². The van der Waals surface area contributed by atoms with Crippen LogP contribution in [0.1, 0.15) is 39.0 Å². The number of hydrogen-bond acceptors (Lipinski definition) is 1. The third-order valence-corrected chi connectivity index (χ3v) is 2.73. The highest BCUT2D eigenvalue weighted by Crippen LogP contribution is 2.20. The molecule has 2 rings (SSSR count). The minimum atomic E-state index is 0.572. The molecule has 0 saturated heterocycles. The van der Waals surface area contributed by atoms with Crippen molar-refractivity contribution in [1.29, 1.82) is 0 Å². The molecule has 0 aromatic rings. The van der Waals surface area contributed by atoms with E-state index in [-0.39, 0.29) is 0 Å². The lowest BCUT2D eigenvalue weighted by Gasteiger charge is -2.05. The van der Waals surface area contributed by atoms with Gasteiger partial charge in [-0.15, -0.1) is 0 Å². The zero-order chi connectivity index (χ0) is 9.10. The molecule has 70 valence electrons. The molecule has 1 nitrogen and oxygen atoms in total. The maximum Gasteiger partial charge on any atom is 0.0474 e. The van der Waals surface area contributed by atoms with Gasteiger partial charge >= 0.3 is 0 Å². The van der Waals surface area contributed by atoms with Crippen molar-refractivity contribution in [2.45, 2.75) is 45.1 Å². The molecule has 2 aliphatic rings. The molecule has 0 saturated carbocycles. The van der Waals surface area contributed by atoms with Crippen molar-refractivity contribution in [3.63, 3.8) is 0 Å². The summed E-state index contributed by atoms with van der Waals surface area (Å²) in [4.78, 5) is 4.62. The fourth-order valence-corrected chi connectivity index (χ4v) is 1.98. The Morgan fingerprint density at radius 1 is 1.46 bits per heavy atom. The molecule has 0 bridgehead atoms. The number of nitrogens with zero attached hydrogens (tertiary/aromatic N) is 1. The van der Waals surface area contributed by atoms with Crippen molar-refractivity contribution >= 4 is 5.71 Å². The van der Waals surface area contributed by atoms with Crippen molar-refractivity contribution in [1.82, 2.24) is 0 Å². The Labute approximate surface area is 80.3 Å². The Bertz CT molecular complexity index is 271. The summed E-state index contributed by atoms with van der Waals surface area (Å²) in [5, 5.41) is 0. The lowest BCUT2D eigenvalue weighted by molar-refractivity contribution is 0.739. The first-order valence-corrected chi connectivity index (χ1v) is 5.26. The van der Waals surface area contributed by atoms with Gasteiger partial charge in [0.25, 0.3) is 0 Å². The Morgan fingerprint density at radius 2 is 2.38 bits per heavy atom. The highest BCUT2D eigenvalue weighted by Gasteiger charge is 2.13. The summed E-state index contributed by atoms with van der Waals surface area (Å²) >= 11 is 0. The number of aliphatic imine (C=N–C) groups is 1. The second-order valence-corrected chi connectivity index (χ2v) is 4.02. The number of rotatable bonds is 2. The van der Waals surface area contributed by atoms with E-state index >= 15 is 0 Å². The summed E-state index contributed by atoms with van der Waals surface area (Å²) in [7, 11) is 0. The van der Waals surface area contributed by atoms with Crippen LogP contribution in [0.15, 0.2) is 28.8 Å². The molecule has 13 heavy (non-hydrogen) atoms. The SMILES string of the molecule is CC1CCC(CC2=CCCC=C2)=N1. The standard InChI is InChI=1S/C12H17N/c1-10-7-8-12(13-10)9-11-5-3-2-4-6-11/h3,5-6,10H,2,4,7-9H2,1H3. The Balaban J connectivity index is 1.94.